The van der Waals surface area contributed by atoms with Gasteiger partial charge in [0.05, 0.1) is 5.69 Å². The number of fused-ring (bicyclic) bond motifs is 7. The fourth-order valence-corrected chi connectivity index (χ4v) is 8.63. The molecule has 300 valence electrons. The van der Waals surface area contributed by atoms with Gasteiger partial charge < -0.3 is 9.30 Å². The van der Waals surface area contributed by atoms with E-state index in [-0.39, 0.29) is 42.7 Å². The zero-order chi connectivity index (χ0) is 40.5. The smallest absolute Gasteiger partial charge is 0.225 e. The normalized spacial score (nSPS) is 19.0. The van der Waals surface area contributed by atoms with Gasteiger partial charge in [0.15, 0.2) is 12.4 Å². The van der Waals surface area contributed by atoms with Crippen LogP contribution in [0.5, 0.6) is 11.5 Å². The Morgan fingerprint density at radius 3 is 1.84 bits per heavy atom. The quantitative estimate of drug-likeness (QED) is 0.0977. The van der Waals surface area contributed by atoms with Gasteiger partial charge in [0, 0.05) is 68.5 Å². The van der Waals surface area contributed by atoms with E-state index in [0.29, 0.717) is 20.7 Å². The molecule has 0 spiro atoms. The van der Waals surface area contributed by atoms with Gasteiger partial charge in [0.1, 0.15) is 5.82 Å². The molecule has 5 nitrogen and oxygen atoms in total. The van der Waals surface area contributed by atoms with Crippen LogP contribution in [0.15, 0.2) is 109 Å². The molecule has 1 saturated heterocycles. The van der Waals surface area contributed by atoms with Crippen LogP contribution in [0.3, 0.4) is 0 Å². The Bertz CT molecular complexity index is 2750. The summed E-state index contributed by atoms with van der Waals surface area (Å²) in [6, 6.07) is 45.4. The zero-order valence-electron chi connectivity index (χ0n) is 36.0. The molecule has 4 heterocycles. The Morgan fingerprint density at radius 2 is 1.17 bits per heavy atom. The number of hydrogen-bond donors (Lipinski definition) is 0. The van der Waals surface area contributed by atoms with Crippen molar-refractivity contribution in [3.8, 4) is 17.3 Å². The second-order valence-corrected chi connectivity index (χ2v) is 20.3. The molecule has 1 unspecified atom stereocenters. The van der Waals surface area contributed by atoms with Gasteiger partial charge in [-0.1, -0.05) is 131 Å². The molecule has 0 bridgehead atoms. The van der Waals surface area contributed by atoms with Gasteiger partial charge in [-0.2, -0.15) is 10.7 Å². The predicted octanol–water partition coefficient (Wildman–Crippen LogP) is 14.1. The van der Waals surface area contributed by atoms with Crippen LogP contribution in [0.1, 0.15) is 105 Å². The molecule has 9 rings (SSSR count). The number of quaternary nitrogens is 2. The molecule has 0 amide bonds. The first kappa shape index (κ1) is 40.2. The Labute approximate surface area is 359 Å². The summed E-state index contributed by atoms with van der Waals surface area (Å²) in [5.41, 5.74) is 11.8. The number of aromatic nitrogens is 2. The molecule has 0 saturated carbocycles. The third kappa shape index (κ3) is 6.19. The summed E-state index contributed by atoms with van der Waals surface area (Å²) in [7, 11) is 0. The second kappa shape index (κ2) is 13.2. The standard InChI is InChI=1S/C52H55N4O.Pt/c1-49(2,3)34-16-15-17-38(26-34)55-33-56(55,47-19-14-13-18-46(47)55)39-27-37(52(10,11)12)28-41(31-39)57-40-21-23-43-42-22-20-35(50(4,5)6)29-44(42)54(45(43)32-40)48-30-36(24-25-53-48)51(7,8)9;/h13-30,33H,1-12H3;/q-1;/t55-,56?;/m0./s1. The third-order valence-corrected chi connectivity index (χ3v) is 12.1. The fourth-order valence-electron chi connectivity index (χ4n) is 8.63. The van der Waals surface area contributed by atoms with Crippen LogP contribution in [0.25, 0.3) is 27.6 Å². The number of rotatable bonds is 5. The average Bonchev–Trinajstić information content (AvgIpc) is 3.64. The predicted molar refractivity (Wildman–Crippen MR) is 238 cm³/mol. The first-order valence-electron chi connectivity index (χ1n) is 20.3. The van der Waals surface area contributed by atoms with Crippen LogP contribution in [0, 0.1) is 18.8 Å². The van der Waals surface area contributed by atoms with Crippen molar-refractivity contribution < 1.29 is 25.8 Å². The fraction of sp³-hybridized carbons (Fsp3) is 0.308. The molecule has 2 aliphatic heterocycles. The van der Waals surface area contributed by atoms with E-state index in [0.717, 1.165) is 27.9 Å². The molecule has 2 aromatic heterocycles. The molecule has 58 heavy (non-hydrogen) atoms. The largest absolute Gasteiger partial charge is 0.509 e. The van der Waals surface area contributed by atoms with Crippen molar-refractivity contribution >= 4 is 44.6 Å². The first-order chi connectivity index (χ1) is 26.7. The molecule has 0 aliphatic carbocycles. The van der Waals surface area contributed by atoms with Gasteiger partial charge in [-0.25, -0.2) is 9.58 Å². The van der Waals surface area contributed by atoms with Gasteiger partial charge >= 0.3 is 0 Å². The van der Waals surface area contributed by atoms with Gasteiger partial charge in [0.2, 0.25) is 11.4 Å². The minimum absolute atomic E-state index is 0. The third-order valence-electron chi connectivity index (χ3n) is 12.1. The van der Waals surface area contributed by atoms with Gasteiger partial charge in [-0.3, -0.25) is 0 Å². The van der Waals surface area contributed by atoms with Crippen LogP contribution < -0.4 is 13.9 Å². The SMILES string of the molecule is CC(C)(C)c1cc(Oc2[c-]c3c(cc2)c2ccc(C(C)(C)C)cc2n3-c2cc(C(C)(C)C)ccn2)[c-]c([N+]23[CH-][N@+]2(c2cccc(C(C)(C)C)c2)c2ccccc23)c1.[Pt]. The van der Waals surface area contributed by atoms with Crippen molar-refractivity contribution in [3.63, 3.8) is 0 Å². The number of benzene rings is 5. The van der Waals surface area contributed by atoms with E-state index in [9.17, 15) is 0 Å². The van der Waals surface area contributed by atoms with Crippen molar-refractivity contribution in [2.24, 2.45) is 0 Å². The van der Waals surface area contributed by atoms with E-state index in [4.69, 9.17) is 9.72 Å². The first-order valence-corrected chi connectivity index (χ1v) is 20.3. The summed E-state index contributed by atoms with van der Waals surface area (Å²) in [5.74, 6) is 2.19. The number of ether oxygens (including phenoxy) is 1. The van der Waals surface area contributed by atoms with Gasteiger partial charge in [-0.15, -0.1) is 35.2 Å². The molecule has 0 radical (unpaired) electrons. The molecular formula is C52H55N4OPt-. The minimum atomic E-state index is -0.128. The van der Waals surface area contributed by atoms with Gasteiger partial charge in [0.25, 0.3) is 0 Å². The molecular weight excluding hydrogens is 892 g/mol. The summed E-state index contributed by atoms with van der Waals surface area (Å²) < 4.78 is 10.4. The van der Waals surface area contributed by atoms with E-state index >= 15 is 0 Å². The Balaban J connectivity index is 0.00000469. The zero-order valence-corrected chi connectivity index (χ0v) is 38.3. The van der Waals surface area contributed by atoms with E-state index in [1.165, 1.54) is 44.7 Å². The van der Waals surface area contributed by atoms with Crippen molar-refractivity contribution in [1.29, 1.82) is 0 Å². The molecule has 1 fully saturated rings. The van der Waals surface area contributed by atoms with E-state index in [1.54, 1.807) is 0 Å². The van der Waals surface area contributed by atoms with Crippen LogP contribution in [0.2, 0.25) is 0 Å². The van der Waals surface area contributed by atoms with Crippen molar-refractivity contribution in [1.82, 2.24) is 18.7 Å². The summed E-state index contributed by atoms with van der Waals surface area (Å²) in [6.45, 7) is 29.6. The molecule has 0 N–H and O–H groups in total. The number of pyridine rings is 1. The average molecular weight is 947 g/mol. The van der Waals surface area contributed by atoms with E-state index in [2.05, 4.69) is 204 Å². The van der Waals surface area contributed by atoms with Crippen molar-refractivity contribution in [2.75, 3.05) is 0 Å². The molecule has 7 aromatic rings. The van der Waals surface area contributed by atoms with E-state index in [1.807, 2.05) is 12.3 Å². The van der Waals surface area contributed by atoms with Crippen molar-refractivity contribution in [3.05, 3.63) is 150 Å². The maximum absolute atomic E-state index is 6.90. The van der Waals surface area contributed by atoms with Crippen LogP contribution >= 0.6 is 0 Å². The summed E-state index contributed by atoms with van der Waals surface area (Å²) >= 11 is 0. The summed E-state index contributed by atoms with van der Waals surface area (Å²) in [6.07, 6.45) is 1.93. The van der Waals surface area contributed by atoms with Crippen LogP contribution in [-0.2, 0) is 42.7 Å². The molecule has 5 aromatic carbocycles. The summed E-state index contributed by atoms with van der Waals surface area (Å²) in [5, 5.41) is 2.28. The van der Waals surface area contributed by atoms with Gasteiger partial charge in [-0.05, 0) is 61.9 Å². The second-order valence-electron chi connectivity index (χ2n) is 20.3. The minimum Gasteiger partial charge on any atom is -0.509 e. The number of hydrogen-bond acceptors (Lipinski definition) is 2. The Morgan fingerprint density at radius 1 is 0.552 bits per heavy atom. The topological polar surface area (TPSA) is 27.1 Å². The molecule has 6 heteroatoms. The number of nitrogens with zero attached hydrogens (tertiary/aromatic N) is 4. The maximum atomic E-state index is 6.90. The van der Waals surface area contributed by atoms with Crippen LogP contribution in [0.4, 0.5) is 22.7 Å². The Kier molecular flexibility index (Phi) is 9.18. The van der Waals surface area contributed by atoms with Crippen LogP contribution in [-0.4, -0.2) is 9.55 Å². The number of para-hydroxylation sites is 2. The molecule has 2 aliphatic rings. The molecule has 2 atom stereocenters. The monoisotopic (exact) mass is 946 g/mol. The Hall–Kier alpha value is -4.54. The maximum Gasteiger partial charge on any atom is 0.225 e. The van der Waals surface area contributed by atoms with E-state index < -0.39 is 0 Å². The van der Waals surface area contributed by atoms with Crippen molar-refractivity contribution in [2.45, 2.75) is 105 Å². The summed E-state index contributed by atoms with van der Waals surface area (Å²) in [4.78, 5) is 4.96.